The Labute approximate surface area is 395 Å². The second-order valence-corrected chi connectivity index (χ2v) is 18.5. The molecule has 2 unspecified atom stereocenters. The highest BCUT2D eigenvalue weighted by atomic mass is 32.1. The summed E-state index contributed by atoms with van der Waals surface area (Å²) in [7, 11) is 0. The number of hydrogen-bond donors (Lipinski definition) is 1. The molecule has 0 saturated heterocycles. The van der Waals surface area contributed by atoms with Crippen molar-refractivity contribution in [2.45, 2.75) is 17.6 Å². The van der Waals surface area contributed by atoms with E-state index < -0.39 is 5.41 Å². The first kappa shape index (κ1) is 39.3. The molecule has 318 valence electrons. The summed E-state index contributed by atoms with van der Waals surface area (Å²) >= 11 is 5.04. The van der Waals surface area contributed by atoms with Gasteiger partial charge < -0.3 is 13.9 Å². The van der Waals surface area contributed by atoms with Crippen molar-refractivity contribution >= 4 is 73.4 Å². The van der Waals surface area contributed by atoms with E-state index in [1.54, 1.807) is 0 Å². The summed E-state index contributed by atoms with van der Waals surface area (Å²) in [5, 5.41) is 4.76. The maximum atomic E-state index is 6.54. The number of hydrogen-bond acceptors (Lipinski definition) is 3. The van der Waals surface area contributed by atoms with Crippen molar-refractivity contribution in [2.24, 2.45) is 0 Å². The lowest BCUT2D eigenvalue weighted by Crippen LogP contribution is -2.29. The van der Waals surface area contributed by atoms with Crippen molar-refractivity contribution in [3.05, 3.63) is 264 Å². The van der Waals surface area contributed by atoms with E-state index >= 15 is 0 Å². The van der Waals surface area contributed by atoms with Gasteiger partial charge in [-0.1, -0.05) is 164 Å². The van der Waals surface area contributed by atoms with Crippen LogP contribution >= 0.6 is 12.6 Å². The van der Waals surface area contributed by atoms with Crippen molar-refractivity contribution in [3.8, 4) is 27.9 Å². The molecular formula is C63H44N2OS. The van der Waals surface area contributed by atoms with Gasteiger partial charge in [-0.3, -0.25) is 0 Å². The van der Waals surface area contributed by atoms with E-state index in [1.807, 2.05) is 12.1 Å². The third-order valence-electron chi connectivity index (χ3n) is 14.1. The summed E-state index contributed by atoms with van der Waals surface area (Å²) < 4.78 is 8.93. The lowest BCUT2D eigenvalue weighted by molar-refractivity contribution is 0.669. The molecule has 67 heavy (non-hydrogen) atoms. The number of rotatable bonds is 8. The fourth-order valence-electron chi connectivity index (χ4n) is 11.2. The van der Waals surface area contributed by atoms with Crippen LogP contribution in [0.25, 0.3) is 71.7 Å². The third-order valence-corrected chi connectivity index (χ3v) is 14.3. The highest BCUT2D eigenvalue weighted by Crippen LogP contribution is 2.58. The van der Waals surface area contributed by atoms with Gasteiger partial charge in [-0.25, -0.2) is 0 Å². The van der Waals surface area contributed by atoms with Gasteiger partial charge in [0.25, 0.3) is 0 Å². The Balaban J connectivity index is 0.997. The third kappa shape index (κ3) is 6.06. The minimum atomic E-state index is -0.582. The van der Waals surface area contributed by atoms with Gasteiger partial charge in [-0.15, -0.1) is 0 Å². The number of anilines is 3. The van der Waals surface area contributed by atoms with Crippen molar-refractivity contribution in [2.75, 3.05) is 4.90 Å². The summed E-state index contributed by atoms with van der Waals surface area (Å²) in [6.07, 6.45) is 0. The predicted octanol–water partition coefficient (Wildman–Crippen LogP) is 17.2. The zero-order chi connectivity index (χ0) is 44.6. The summed E-state index contributed by atoms with van der Waals surface area (Å²) in [5.41, 5.74) is 18.9. The molecule has 0 saturated carbocycles. The van der Waals surface area contributed by atoms with Crippen LogP contribution in [-0.4, -0.2) is 4.57 Å². The molecule has 1 aliphatic carbocycles. The fourth-order valence-corrected chi connectivity index (χ4v) is 11.4. The Morgan fingerprint density at radius 1 is 0.448 bits per heavy atom. The second-order valence-electron chi connectivity index (χ2n) is 17.7. The number of fused-ring (bicyclic) bond motifs is 9. The number of nitrogens with zero attached hydrogens (tertiary/aromatic N) is 2. The summed E-state index contributed by atoms with van der Waals surface area (Å²) in [4.78, 5) is 2.38. The Kier molecular flexibility index (Phi) is 9.13. The van der Waals surface area contributed by atoms with Crippen molar-refractivity contribution < 1.29 is 4.42 Å². The molecule has 4 heteroatoms. The molecule has 0 N–H and O–H groups in total. The van der Waals surface area contributed by atoms with E-state index in [1.165, 1.54) is 60.8 Å². The van der Waals surface area contributed by atoms with Crippen LogP contribution < -0.4 is 4.90 Å². The molecule has 0 aliphatic heterocycles. The Morgan fingerprint density at radius 2 is 1.06 bits per heavy atom. The van der Waals surface area contributed by atoms with Crippen LogP contribution in [0.4, 0.5) is 17.1 Å². The monoisotopic (exact) mass is 876 g/mol. The van der Waals surface area contributed by atoms with Crippen LogP contribution in [0.2, 0.25) is 0 Å². The van der Waals surface area contributed by atoms with Gasteiger partial charge in [0.15, 0.2) is 0 Å². The maximum Gasteiger partial charge on any atom is 0.137 e. The molecule has 2 atom stereocenters. The number of thiol groups is 1. The molecule has 0 spiro atoms. The lowest BCUT2D eigenvalue weighted by Gasteiger charge is -2.35. The standard InChI is InChI=1S/C63H44N2OS/c1-41(67)50-25-15-27-57-62(50)55-24-8-11-26-56(55)63(57,44-16-4-2-5-17-44)45-18-14-21-48(39-45)64(49-35-37-54-53-23-10-13-29-60(53)66-61(54)40-49)47-33-30-42(31-34-47)43-32-36-52-51-22-9-12-28-58(51)65(59(52)38-43)46-19-6-3-7-20-46/h2-41,67H,1H3. The van der Waals surface area contributed by atoms with Crippen LogP contribution in [0.1, 0.15) is 40.0 Å². The van der Waals surface area contributed by atoms with Gasteiger partial charge in [0.1, 0.15) is 11.2 Å². The SMILES string of the molecule is CC(S)c1cccc2c1-c1ccccc1C2(c1ccccc1)c1cccc(N(c2ccc(-c3ccc4c5ccccc5n(-c5ccccc5)c4c3)cc2)c2ccc3c(c2)oc2ccccc23)c1. The minimum Gasteiger partial charge on any atom is -0.456 e. The highest BCUT2D eigenvalue weighted by molar-refractivity contribution is 7.80. The molecule has 13 rings (SSSR count). The topological polar surface area (TPSA) is 21.3 Å². The van der Waals surface area contributed by atoms with E-state index in [2.05, 4.69) is 241 Å². The zero-order valence-electron chi connectivity index (χ0n) is 36.8. The van der Waals surface area contributed by atoms with Crippen LogP contribution in [0, 0.1) is 0 Å². The number of para-hydroxylation sites is 3. The normalized spacial score (nSPS) is 14.7. The second kappa shape index (κ2) is 15.5. The quantitative estimate of drug-likeness (QED) is 0.154. The molecule has 3 nitrogen and oxygen atoms in total. The van der Waals surface area contributed by atoms with Crippen LogP contribution in [0.15, 0.2) is 241 Å². The highest BCUT2D eigenvalue weighted by Gasteiger charge is 2.47. The number of aromatic nitrogens is 1. The van der Waals surface area contributed by atoms with Crippen LogP contribution in [-0.2, 0) is 5.41 Å². The van der Waals surface area contributed by atoms with Crippen molar-refractivity contribution in [1.29, 1.82) is 0 Å². The smallest absolute Gasteiger partial charge is 0.137 e. The molecule has 2 heterocycles. The van der Waals surface area contributed by atoms with Crippen molar-refractivity contribution in [1.82, 2.24) is 4.57 Å². The fraction of sp³-hybridized carbons (Fsp3) is 0.0476. The summed E-state index contributed by atoms with van der Waals surface area (Å²) in [6.45, 7) is 2.18. The van der Waals surface area contributed by atoms with Gasteiger partial charge >= 0.3 is 0 Å². The molecular weight excluding hydrogens is 833 g/mol. The average molecular weight is 877 g/mol. The van der Waals surface area contributed by atoms with Crippen LogP contribution in [0.3, 0.4) is 0 Å². The molecule has 10 aromatic carbocycles. The predicted molar refractivity (Wildman–Crippen MR) is 283 cm³/mol. The average Bonchev–Trinajstić information content (AvgIpc) is 4.03. The minimum absolute atomic E-state index is 0.0587. The largest absolute Gasteiger partial charge is 0.456 e. The van der Waals surface area contributed by atoms with Gasteiger partial charge in [0.2, 0.25) is 0 Å². The molecule has 2 aromatic heterocycles. The van der Waals surface area contributed by atoms with E-state index in [4.69, 9.17) is 17.0 Å². The van der Waals surface area contributed by atoms with E-state index in [-0.39, 0.29) is 5.25 Å². The maximum absolute atomic E-state index is 6.54. The van der Waals surface area contributed by atoms with E-state index in [9.17, 15) is 0 Å². The first-order chi connectivity index (χ1) is 33.1. The Bertz CT molecular complexity index is 3850. The summed E-state index contributed by atoms with van der Waals surface area (Å²) in [6, 6.07) is 86.2. The molecule has 1 aliphatic rings. The van der Waals surface area contributed by atoms with Crippen LogP contribution in [0.5, 0.6) is 0 Å². The molecule has 0 bridgehead atoms. The van der Waals surface area contributed by atoms with E-state index in [0.29, 0.717) is 0 Å². The molecule has 0 amide bonds. The number of benzene rings is 10. The van der Waals surface area contributed by atoms with Gasteiger partial charge in [0, 0.05) is 55.6 Å². The molecule has 0 fully saturated rings. The van der Waals surface area contributed by atoms with Gasteiger partial charge in [-0.05, 0) is 124 Å². The lowest BCUT2D eigenvalue weighted by atomic mass is 9.67. The van der Waals surface area contributed by atoms with E-state index in [0.717, 1.165) is 55.8 Å². The first-order valence-electron chi connectivity index (χ1n) is 23.0. The Hall–Kier alpha value is -8.05. The summed E-state index contributed by atoms with van der Waals surface area (Å²) in [5.74, 6) is 0. The Morgan fingerprint density at radius 3 is 1.90 bits per heavy atom. The molecule has 0 radical (unpaired) electrons. The first-order valence-corrected chi connectivity index (χ1v) is 23.6. The zero-order valence-corrected chi connectivity index (χ0v) is 37.7. The van der Waals surface area contributed by atoms with Gasteiger partial charge in [0.05, 0.1) is 16.4 Å². The van der Waals surface area contributed by atoms with Crippen molar-refractivity contribution in [3.63, 3.8) is 0 Å². The van der Waals surface area contributed by atoms with Gasteiger partial charge in [-0.2, -0.15) is 12.6 Å². The number of furan rings is 1. The molecule has 12 aromatic rings.